The third kappa shape index (κ3) is 2.58. The summed E-state index contributed by atoms with van der Waals surface area (Å²) in [6.07, 6.45) is 0. The molecule has 0 radical (unpaired) electrons. The van der Waals surface area contributed by atoms with E-state index in [1.54, 1.807) is 0 Å². The number of carbonyl (C=O) groups excluding carboxylic acids is 1. The standard InChI is InChI=1S/C14H10F2N2O3/c15-8-1-7(2-9(16)3-8)14(19)18-11-5-13-12(4-10(11)17)20-6-21-13/h1-5H,6,17H2,(H,18,19). The Morgan fingerprint density at radius 2 is 1.67 bits per heavy atom. The normalized spacial score (nSPS) is 12.3. The molecule has 0 fully saturated rings. The van der Waals surface area contributed by atoms with E-state index in [9.17, 15) is 13.6 Å². The van der Waals surface area contributed by atoms with Gasteiger partial charge in [0.25, 0.3) is 5.91 Å². The van der Waals surface area contributed by atoms with E-state index < -0.39 is 17.5 Å². The van der Waals surface area contributed by atoms with Crippen molar-refractivity contribution in [2.75, 3.05) is 17.8 Å². The van der Waals surface area contributed by atoms with Gasteiger partial charge in [-0.15, -0.1) is 0 Å². The average Bonchev–Trinajstić information content (AvgIpc) is 2.85. The van der Waals surface area contributed by atoms with Crippen molar-refractivity contribution in [2.45, 2.75) is 0 Å². The zero-order chi connectivity index (χ0) is 15.0. The largest absolute Gasteiger partial charge is 0.454 e. The fourth-order valence-electron chi connectivity index (χ4n) is 1.95. The van der Waals surface area contributed by atoms with Crippen LogP contribution in [0.3, 0.4) is 0 Å². The molecule has 3 rings (SSSR count). The first kappa shape index (κ1) is 13.2. The van der Waals surface area contributed by atoms with Crippen LogP contribution in [0.15, 0.2) is 30.3 Å². The van der Waals surface area contributed by atoms with Crippen molar-refractivity contribution in [1.29, 1.82) is 0 Å². The highest BCUT2D eigenvalue weighted by atomic mass is 19.1. The number of benzene rings is 2. The van der Waals surface area contributed by atoms with Crippen LogP contribution < -0.4 is 20.5 Å². The van der Waals surface area contributed by atoms with Gasteiger partial charge in [0.05, 0.1) is 11.4 Å². The van der Waals surface area contributed by atoms with E-state index in [-0.39, 0.29) is 23.7 Å². The van der Waals surface area contributed by atoms with Crippen molar-refractivity contribution in [3.8, 4) is 11.5 Å². The first-order valence-corrected chi connectivity index (χ1v) is 5.99. The number of nitrogen functional groups attached to an aromatic ring is 1. The Balaban J connectivity index is 1.88. The van der Waals surface area contributed by atoms with E-state index in [1.165, 1.54) is 12.1 Å². The maximum Gasteiger partial charge on any atom is 0.255 e. The second-order valence-electron chi connectivity index (χ2n) is 4.40. The van der Waals surface area contributed by atoms with Crippen LogP contribution >= 0.6 is 0 Å². The second-order valence-corrected chi connectivity index (χ2v) is 4.40. The van der Waals surface area contributed by atoms with E-state index in [2.05, 4.69) is 5.32 Å². The van der Waals surface area contributed by atoms with Gasteiger partial charge in [0.1, 0.15) is 11.6 Å². The van der Waals surface area contributed by atoms with Crippen molar-refractivity contribution < 1.29 is 23.0 Å². The van der Waals surface area contributed by atoms with Crippen molar-refractivity contribution >= 4 is 17.3 Å². The molecule has 1 aliphatic heterocycles. The third-order valence-corrected chi connectivity index (χ3v) is 2.92. The molecule has 0 aliphatic carbocycles. The maximum absolute atomic E-state index is 13.1. The number of halogens is 2. The summed E-state index contributed by atoms with van der Waals surface area (Å²) in [4.78, 5) is 12.0. The predicted octanol–water partition coefficient (Wildman–Crippen LogP) is 2.53. The summed E-state index contributed by atoms with van der Waals surface area (Å²) in [6, 6.07) is 5.55. The molecule has 1 aliphatic rings. The fraction of sp³-hybridized carbons (Fsp3) is 0.0714. The maximum atomic E-state index is 13.1. The van der Waals surface area contributed by atoms with Crippen LogP contribution in [0.1, 0.15) is 10.4 Å². The molecule has 1 heterocycles. The molecule has 2 aromatic rings. The molecule has 2 aromatic carbocycles. The highest BCUT2D eigenvalue weighted by molar-refractivity contribution is 6.06. The van der Waals surface area contributed by atoms with Gasteiger partial charge in [-0.05, 0) is 12.1 Å². The Hall–Kier alpha value is -2.83. The summed E-state index contributed by atoms with van der Waals surface area (Å²) < 4.78 is 36.5. The molecule has 5 nitrogen and oxygen atoms in total. The minimum absolute atomic E-state index is 0.0707. The Kier molecular flexibility index (Phi) is 3.09. The lowest BCUT2D eigenvalue weighted by Crippen LogP contribution is -2.13. The lowest BCUT2D eigenvalue weighted by atomic mass is 10.2. The highest BCUT2D eigenvalue weighted by Crippen LogP contribution is 2.38. The summed E-state index contributed by atoms with van der Waals surface area (Å²) in [5, 5.41) is 2.48. The molecular weight excluding hydrogens is 282 g/mol. The van der Waals surface area contributed by atoms with Gasteiger partial charge < -0.3 is 20.5 Å². The number of nitrogens with one attached hydrogen (secondary N) is 1. The fourth-order valence-corrected chi connectivity index (χ4v) is 1.95. The molecule has 0 atom stereocenters. The molecule has 1 amide bonds. The number of fused-ring (bicyclic) bond motifs is 1. The quantitative estimate of drug-likeness (QED) is 0.834. The van der Waals surface area contributed by atoms with Gasteiger partial charge in [-0.25, -0.2) is 8.78 Å². The van der Waals surface area contributed by atoms with Gasteiger partial charge in [-0.2, -0.15) is 0 Å². The summed E-state index contributed by atoms with van der Waals surface area (Å²) in [5.74, 6) is -1.44. The Bertz CT molecular complexity index is 714. The van der Waals surface area contributed by atoms with Crippen molar-refractivity contribution in [1.82, 2.24) is 0 Å². The van der Waals surface area contributed by atoms with Crippen molar-refractivity contribution in [3.05, 3.63) is 47.5 Å². The number of amides is 1. The molecule has 21 heavy (non-hydrogen) atoms. The van der Waals surface area contributed by atoms with Crippen LogP contribution in [-0.2, 0) is 0 Å². The van der Waals surface area contributed by atoms with Crippen LogP contribution in [0, 0.1) is 11.6 Å². The Morgan fingerprint density at radius 1 is 1.05 bits per heavy atom. The average molecular weight is 292 g/mol. The molecule has 0 saturated heterocycles. The smallest absolute Gasteiger partial charge is 0.255 e. The number of ether oxygens (including phenoxy) is 2. The van der Waals surface area contributed by atoms with Gasteiger partial charge in [-0.3, -0.25) is 4.79 Å². The van der Waals surface area contributed by atoms with Crippen LogP contribution in [-0.4, -0.2) is 12.7 Å². The summed E-state index contributed by atoms with van der Waals surface area (Å²) >= 11 is 0. The molecule has 0 saturated carbocycles. The topological polar surface area (TPSA) is 73.6 Å². The molecule has 0 aromatic heterocycles. The number of hydrogen-bond acceptors (Lipinski definition) is 4. The molecule has 0 unspecified atom stereocenters. The third-order valence-electron chi connectivity index (χ3n) is 2.92. The summed E-state index contributed by atoms with van der Waals surface area (Å²) in [7, 11) is 0. The van der Waals surface area contributed by atoms with Crippen LogP contribution in [0.5, 0.6) is 11.5 Å². The van der Waals surface area contributed by atoms with E-state index in [0.717, 1.165) is 12.1 Å². The number of carbonyl (C=O) groups is 1. The van der Waals surface area contributed by atoms with Crippen molar-refractivity contribution in [3.63, 3.8) is 0 Å². The molecular formula is C14H10F2N2O3. The van der Waals surface area contributed by atoms with Crippen molar-refractivity contribution in [2.24, 2.45) is 0 Å². The van der Waals surface area contributed by atoms with Crippen LogP contribution in [0.25, 0.3) is 0 Å². The van der Waals surface area contributed by atoms with Crippen LogP contribution in [0.2, 0.25) is 0 Å². The lowest BCUT2D eigenvalue weighted by Gasteiger charge is -2.09. The zero-order valence-corrected chi connectivity index (χ0v) is 10.7. The number of hydrogen-bond donors (Lipinski definition) is 2. The summed E-state index contributed by atoms with van der Waals surface area (Å²) in [5.41, 5.74) is 6.16. The number of nitrogens with two attached hydrogens (primary N) is 1. The molecule has 108 valence electrons. The van der Waals surface area contributed by atoms with E-state index >= 15 is 0 Å². The summed E-state index contributed by atoms with van der Waals surface area (Å²) in [6.45, 7) is 0.0707. The number of anilines is 2. The SMILES string of the molecule is Nc1cc2c(cc1NC(=O)c1cc(F)cc(F)c1)OCO2. The first-order chi connectivity index (χ1) is 10.0. The lowest BCUT2D eigenvalue weighted by molar-refractivity contribution is 0.102. The van der Waals surface area contributed by atoms with E-state index in [0.29, 0.717) is 17.6 Å². The highest BCUT2D eigenvalue weighted by Gasteiger charge is 2.18. The van der Waals surface area contributed by atoms with Gasteiger partial charge in [0.2, 0.25) is 6.79 Å². The minimum atomic E-state index is -0.834. The van der Waals surface area contributed by atoms with Gasteiger partial charge in [0.15, 0.2) is 11.5 Å². The number of rotatable bonds is 2. The first-order valence-electron chi connectivity index (χ1n) is 5.99. The Morgan fingerprint density at radius 3 is 2.33 bits per heavy atom. The Labute approximate surface area is 118 Å². The zero-order valence-electron chi connectivity index (χ0n) is 10.7. The van der Waals surface area contributed by atoms with Gasteiger partial charge in [-0.1, -0.05) is 0 Å². The monoisotopic (exact) mass is 292 g/mol. The van der Waals surface area contributed by atoms with Gasteiger partial charge in [0, 0.05) is 23.8 Å². The minimum Gasteiger partial charge on any atom is -0.454 e. The van der Waals surface area contributed by atoms with E-state index in [1.807, 2.05) is 0 Å². The molecule has 7 heteroatoms. The molecule has 0 spiro atoms. The molecule has 0 bridgehead atoms. The van der Waals surface area contributed by atoms with Gasteiger partial charge >= 0.3 is 0 Å². The van der Waals surface area contributed by atoms with E-state index in [4.69, 9.17) is 15.2 Å². The predicted molar refractivity (Wildman–Crippen MR) is 71.3 cm³/mol. The van der Waals surface area contributed by atoms with Crippen LogP contribution in [0.4, 0.5) is 20.2 Å². The molecule has 3 N–H and O–H groups in total. The second kappa shape index (κ2) is 4.93.